The number of hydrogen-bond acceptors (Lipinski definition) is 3. The molecule has 5 nitrogen and oxygen atoms in total. The van der Waals surface area contributed by atoms with Crippen LogP contribution in [-0.2, 0) is 10.8 Å². The monoisotopic (exact) mass is 396 g/mol. The first-order valence-corrected chi connectivity index (χ1v) is 8.83. The second-order valence-corrected chi connectivity index (χ2v) is 6.63. The molecule has 0 aliphatic carbocycles. The third-order valence-corrected chi connectivity index (χ3v) is 4.73. The molecule has 0 fully saturated rings. The van der Waals surface area contributed by atoms with E-state index in [4.69, 9.17) is 0 Å². The fraction of sp³-hybridized carbons (Fsp3) is 0.111. The van der Waals surface area contributed by atoms with Gasteiger partial charge in [-0.05, 0) is 37.3 Å². The quantitative estimate of drug-likeness (QED) is 0.856. The maximum Gasteiger partial charge on any atom is 0.328 e. The SMILES string of the molecule is CC=CS(=O)c1ccc(N(C)C(=O)NC(=O)c2c(F)cccc2F)c(F)c1. The van der Waals surface area contributed by atoms with Crippen molar-refractivity contribution in [3.63, 3.8) is 0 Å². The second kappa shape index (κ2) is 8.63. The molecule has 2 rings (SSSR count). The number of nitrogens with one attached hydrogen (secondary N) is 1. The number of rotatable bonds is 4. The fourth-order valence-corrected chi connectivity index (χ4v) is 2.98. The van der Waals surface area contributed by atoms with Gasteiger partial charge in [-0.2, -0.15) is 0 Å². The van der Waals surface area contributed by atoms with Crippen LogP contribution in [0.5, 0.6) is 0 Å². The molecule has 0 aliphatic rings. The number of allylic oxidation sites excluding steroid dienone is 1. The molecule has 9 heteroatoms. The molecule has 1 unspecified atom stereocenters. The van der Waals surface area contributed by atoms with Gasteiger partial charge in [0.05, 0.1) is 16.5 Å². The number of carbonyl (C=O) groups excluding carboxylic acids is 2. The van der Waals surface area contributed by atoms with E-state index in [-0.39, 0.29) is 10.6 Å². The maximum absolute atomic E-state index is 14.3. The van der Waals surface area contributed by atoms with Crippen LogP contribution in [0.3, 0.4) is 0 Å². The highest BCUT2D eigenvalue weighted by Crippen LogP contribution is 2.22. The molecule has 0 spiro atoms. The molecule has 142 valence electrons. The van der Waals surface area contributed by atoms with E-state index in [2.05, 4.69) is 0 Å². The molecule has 0 aliphatic heterocycles. The minimum atomic E-state index is -1.54. The van der Waals surface area contributed by atoms with E-state index >= 15 is 0 Å². The number of amides is 3. The van der Waals surface area contributed by atoms with Gasteiger partial charge in [0.1, 0.15) is 23.0 Å². The second-order valence-electron chi connectivity index (χ2n) is 5.29. The highest BCUT2D eigenvalue weighted by molar-refractivity contribution is 7.88. The standard InChI is InChI=1S/C18H15F3N2O3S/c1-3-9-27(26)11-7-8-15(14(21)10-11)23(2)18(25)22-17(24)16-12(19)5-4-6-13(16)20/h3-10H,1-2H3,(H,22,24,25). The van der Waals surface area contributed by atoms with E-state index < -0.39 is 45.8 Å². The average Bonchev–Trinajstić information content (AvgIpc) is 2.61. The van der Waals surface area contributed by atoms with Crippen LogP contribution in [0.15, 0.2) is 52.8 Å². The first kappa shape index (κ1) is 20.4. The molecule has 1 N–H and O–H groups in total. The van der Waals surface area contributed by atoms with Crippen molar-refractivity contribution in [2.45, 2.75) is 11.8 Å². The Hall–Kier alpha value is -2.94. The average molecular weight is 396 g/mol. The van der Waals surface area contributed by atoms with Crippen molar-refractivity contribution in [1.82, 2.24) is 5.32 Å². The van der Waals surface area contributed by atoms with Gasteiger partial charge in [-0.25, -0.2) is 22.2 Å². The molecule has 1 atom stereocenters. The summed E-state index contributed by atoms with van der Waals surface area (Å²) >= 11 is 0. The number of benzene rings is 2. The van der Waals surface area contributed by atoms with Crippen LogP contribution >= 0.6 is 0 Å². The van der Waals surface area contributed by atoms with Crippen LogP contribution in [-0.4, -0.2) is 23.2 Å². The molecule has 27 heavy (non-hydrogen) atoms. The van der Waals surface area contributed by atoms with Crippen molar-refractivity contribution in [2.24, 2.45) is 0 Å². The van der Waals surface area contributed by atoms with Gasteiger partial charge >= 0.3 is 6.03 Å². The van der Waals surface area contributed by atoms with Crippen molar-refractivity contribution in [1.29, 1.82) is 0 Å². The highest BCUT2D eigenvalue weighted by atomic mass is 32.2. The summed E-state index contributed by atoms with van der Waals surface area (Å²) in [4.78, 5) is 25.0. The van der Waals surface area contributed by atoms with Gasteiger partial charge in [-0.1, -0.05) is 12.1 Å². The summed E-state index contributed by atoms with van der Waals surface area (Å²) in [7, 11) is -0.374. The number of carbonyl (C=O) groups is 2. The lowest BCUT2D eigenvalue weighted by Gasteiger charge is -2.18. The number of urea groups is 1. The molecule has 0 heterocycles. The molecule has 0 saturated heterocycles. The van der Waals surface area contributed by atoms with Gasteiger partial charge in [0, 0.05) is 17.4 Å². The highest BCUT2D eigenvalue weighted by Gasteiger charge is 2.22. The van der Waals surface area contributed by atoms with Gasteiger partial charge in [0.15, 0.2) is 0 Å². The number of nitrogens with zero attached hydrogens (tertiary/aromatic N) is 1. The summed E-state index contributed by atoms with van der Waals surface area (Å²) in [6.45, 7) is 1.66. The molecule has 2 aromatic carbocycles. The molecule has 2 aromatic rings. The smallest absolute Gasteiger partial charge is 0.294 e. The third kappa shape index (κ3) is 4.62. The lowest BCUT2D eigenvalue weighted by atomic mass is 10.2. The summed E-state index contributed by atoms with van der Waals surface area (Å²) in [6.07, 6.45) is 1.55. The van der Waals surface area contributed by atoms with Crippen molar-refractivity contribution >= 4 is 28.4 Å². The predicted octanol–water partition coefficient (Wildman–Crippen LogP) is 3.73. The maximum atomic E-state index is 14.3. The van der Waals surface area contributed by atoms with Gasteiger partial charge in [0.25, 0.3) is 5.91 Å². The minimum absolute atomic E-state index is 0.188. The largest absolute Gasteiger partial charge is 0.328 e. The zero-order valence-corrected chi connectivity index (χ0v) is 15.1. The van der Waals surface area contributed by atoms with E-state index in [0.29, 0.717) is 0 Å². The first-order chi connectivity index (χ1) is 12.8. The van der Waals surface area contributed by atoms with Gasteiger partial charge in [-0.3, -0.25) is 15.0 Å². The van der Waals surface area contributed by atoms with Crippen LogP contribution in [0.4, 0.5) is 23.7 Å². The Balaban J connectivity index is 2.20. The van der Waals surface area contributed by atoms with Crippen LogP contribution in [0.1, 0.15) is 17.3 Å². The minimum Gasteiger partial charge on any atom is -0.294 e. The Kier molecular flexibility index (Phi) is 6.51. The van der Waals surface area contributed by atoms with Crippen molar-refractivity contribution in [3.05, 3.63) is 70.9 Å². The topological polar surface area (TPSA) is 66.5 Å². The van der Waals surface area contributed by atoms with Crippen molar-refractivity contribution in [2.75, 3.05) is 11.9 Å². The number of halogens is 3. The zero-order chi connectivity index (χ0) is 20.1. The molecular formula is C18H15F3N2O3S. The van der Waals surface area contributed by atoms with E-state index in [1.54, 1.807) is 18.3 Å². The van der Waals surface area contributed by atoms with E-state index in [1.807, 2.05) is 0 Å². The lowest BCUT2D eigenvalue weighted by Crippen LogP contribution is -2.41. The first-order valence-electron chi connectivity index (χ1n) is 7.62. The third-order valence-electron chi connectivity index (χ3n) is 3.49. The Morgan fingerprint density at radius 3 is 2.26 bits per heavy atom. The summed E-state index contributed by atoms with van der Waals surface area (Å²) in [5.41, 5.74) is -1.13. The Bertz CT molecular complexity index is 927. The fourth-order valence-electron chi connectivity index (χ4n) is 2.15. The number of imide groups is 1. The van der Waals surface area contributed by atoms with E-state index in [1.165, 1.54) is 24.6 Å². The summed E-state index contributed by atoms with van der Waals surface area (Å²) in [5, 5.41) is 3.16. The Morgan fingerprint density at radius 1 is 1.07 bits per heavy atom. The normalized spacial score (nSPS) is 12.0. The Morgan fingerprint density at radius 2 is 1.70 bits per heavy atom. The van der Waals surface area contributed by atoms with Crippen LogP contribution in [0.25, 0.3) is 0 Å². The molecule has 3 amide bonds. The lowest BCUT2D eigenvalue weighted by molar-refractivity contribution is 0.0957. The van der Waals surface area contributed by atoms with Gasteiger partial charge in [-0.15, -0.1) is 0 Å². The van der Waals surface area contributed by atoms with Crippen LogP contribution in [0.2, 0.25) is 0 Å². The van der Waals surface area contributed by atoms with Gasteiger partial charge < -0.3 is 0 Å². The number of anilines is 1. The predicted molar refractivity (Wildman–Crippen MR) is 95.2 cm³/mol. The summed E-state index contributed by atoms with van der Waals surface area (Å²) in [5.74, 6) is -4.42. The molecule has 0 saturated carbocycles. The molecule has 0 bridgehead atoms. The molecule has 0 aromatic heterocycles. The number of hydrogen-bond donors (Lipinski definition) is 1. The molecular weight excluding hydrogens is 381 g/mol. The van der Waals surface area contributed by atoms with Gasteiger partial charge in [0.2, 0.25) is 0 Å². The zero-order valence-electron chi connectivity index (χ0n) is 14.3. The van der Waals surface area contributed by atoms with E-state index in [9.17, 15) is 27.0 Å². The van der Waals surface area contributed by atoms with E-state index in [0.717, 1.165) is 29.2 Å². The van der Waals surface area contributed by atoms with Crippen molar-refractivity contribution < 1.29 is 27.0 Å². The van der Waals surface area contributed by atoms with Crippen molar-refractivity contribution in [3.8, 4) is 0 Å². The van der Waals surface area contributed by atoms with Crippen LogP contribution in [0, 0.1) is 17.5 Å². The Labute approximate surface area is 155 Å². The van der Waals surface area contributed by atoms with Crippen LogP contribution < -0.4 is 10.2 Å². The summed E-state index contributed by atoms with van der Waals surface area (Å²) < 4.78 is 53.3. The molecule has 0 radical (unpaired) electrons. The summed E-state index contributed by atoms with van der Waals surface area (Å²) in [6, 6.07) is 5.28.